The normalized spacial score (nSPS) is 10.9. The van der Waals surface area contributed by atoms with E-state index in [4.69, 9.17) is 4.74 Å². The fraction of sp³-hybridized carbons (Fsp3) is 0.200. The lowest BCUT2D eigenvalue weighted by atomic mass is 10.0. The average molecular weight is 428 g/mol. The Kier molecular flexibility index (Phi) is 6.26. The van der Waals surface area contributed by atoms with E-state index < -0.39 is 0 Å². The molecule has 2 aromatic carbocycles. The van der Waals surface area contributed by atoms with Crippen molar-refractivity contribution in [3.05, 3.63) is 89.7 Å². The topological polar surface area (TPSA) is 81.9 Å². The van der Waals surface area contributed by atoms with Gasteiger partial charge in [-0.25, -0.2) is 0 Å². The Hall–Kier alpha value is -4.00. The maximum absolute atomic E-state index is 13.3. The maximum atomic E-state index is 13.3. The number of nitrogens with zero attached hydrogens (tertiary/aromatic N) is 4. The van der Waals surface area contributed by atoms with Crippen LogP contribution in [0.1, 0.15) is 41.3 Å². The first kappa shape index (κ1) is 21.2. The zero-order valence-electron chi connectivity index (χ0n) is 18.3. The van der Waals surface area contributed by atoms with Crippen LogP contribution >= 0.6 is 0 Å². The van der Waals surface area contributed by atoms with Crippen molar-refractivity contribution in [1.82, 2.24) is 19.7 Å². The molecule has 0 radical (unpaired) electrons. The number of para-hydroxylation sites is 1. The van der Waals surface area contributed by atoms with Gasteiger partial charge in [0.2, 0.25) is 5.95 Å². The third-order valence-electron chi connectivity index (χ3n) is 5.15. The van der Waals surface area contributed by atoms with Crippen LogP contribution in [0, 0.1) is 0 Å². The van der Waals surface area contributed by atoms with Crippen molar-refractivity contribution < 1.29 is 9.53 Å². The molecular formula is C25H25N5O2. The molecule has 0 fully saturated rings. The van der Waals surface area contributed by atoms with E-state index in [-0.39, 0.29) is 5.91 Å². The number of methoxy groups -OCH3 is 1. The highest BCUT2D eigenvalue weighted by Gasteiger charge is 2.21. The summed E-state index contributed by atoms with van der Waals surface area (Å²) in [6.07, 6.45) is 3.35. The Morgan fingerprint density at radius 1 is 1.06 bits per heavy atom. The minimum Gasteiger partial charge on any atom is -0.496 e. The molecule has 0 saturated carbocycles. The molecule has 0 aliphatic carbocycles. The molecular weight excluding hydrogens is 402 g/mol. The predicted molar refractivity (Wildman–Crippen MR) is 124 cm³/mol. The standard InChI is InChI=1S/C25H25N5O2/c1-17(2)19-12-10-18(11-13-19)15-27-25-28-23(20-7-6-14-26-16-20)29-30(25)24(31)21-8-4-5-9-22(21)32-3/h4-14,16-17H,15H2,1-3H3,(H,27,28,29). The number of benzene rings is 2. The quantitative estimate of drug-likeness (QED) is 0.457. The molecule has 0 amide bonds. The number of carbonyl (C=O) groups is 1. The number of ether oxygens (including phenoxy) is 1. The number of aromatic nitrogens is 4. The number of pyridine rings is 1. The van der Waals surface area contributed by atoms with Crippen LogP contribution < -0.4 is 10.1 Å². The highest BCUT2D eigenvalue weighted by atomic mass is 16.5. The van der Waals surface area contributed by atoms with E-state index in [0.717, 1.165) is 11.1 Å². The third-order valence-corrected chi connectivity index (χ3v) is 5.15. The molecule has 0 aliphatic heterocycles. The SMILES string of the molecule is COc1ccccc1C(=O)n1nc(-c2cccnc2)nc1NCc1ccc(C(C)C)cc1. The summed E-state index contributed by atoms with van der Waals surface area (Å²) in [6, 6.07) is 19.1. The van der Waals surface area contributed by atoms with Gasteiger partial charge in [-0.15, -0.1) is 5.10 Å². The predicted octanol–water partition coefficient (Wildman–Crippen LogP) is 4.77. The van der Waals surface area contributed by atoms with Gasteiger partial charge < -0.3 is 10.1 Å². The van der Waals surface area contributed by atoms with Crippen LogP contribution in [0.3, 0.4) is 0 Å². The zero-order valence-corrected chi connectivity index (χ0v) is 18.3. The van der Waals surface area contributed by atoms with Crippen LogP contribution in [0.4, 0.5) is 5.95 Å². The van der Waals surface area contributed by atoms with E-state index in [9.17, 15) is 4.79 Å². The molecule has 7 nitrogen and oxygen atoms in total. The minimum absolute atomic E-state index is 0.331. The Morgan fingerprint density at radius 3 is 2.53 bits per heavy atom. The van der Waals surface area contributed by atoms with Gasteiger partial charge in [0.15, 0.2) is 5.82 Å². The molecule has 4 rings (SSSR count). The summed E-state index contributed by atoms with van der Waals surface area (Å²) in [5.41, 5.74) is 3.49. The lowest BCUT2D eigenvalue weighted by molar-refractivity contribution is 0.0944. The molecule has 4 aromatic rings. The summed E-state index contributed by atoms with van der Waals surface area (Å²) in [6.45, 7) is 4.83. The second-order valence-corrected chi connectivity index (χ2v) is 7.67. The lowest BCUT2D eigenvalue weighted by Crippen LogP contribution is -2.18. The molecule has 7 heteroatoms. The van der Waals surface area contributed by atoms with Gasteiger partial charge in [-0.1, -0.05) is 50.2 Å². The Bertz CT molecular complexity index is 1200. The van der Waals surface area contributed by atoms with Gasteiger partial charge in [0, 0.05) is 24.5 Å². The molecule has 0 bridgehead atoms. The minimum atomic E-state index is -0.331. The molecule has 32 heavy (non-hydrogen) atoms. The summed E-state index contributed by atoms with van der Waals surface area (Å²) in [5.74, 6) is 1.39. The molecule has 162 valence electrons. The fourth-order valence-electron chi connectivity index (χ4n) is 3.32. The van der Waals surface area contributed by atoms with Crippen molar-refractivity contribution in [3.8, 4) is 17.1 Å². The van der Waals surface area contributed by atoms with E-state index >= 15 is 0 Å². The fourth-order valence-corrected chi connectivity index (χ4v) is 3.32. The van der Waals surface area contributed by atoms with Crippen LogP contribution in [-0.2, 0) is 6.54 Å². The number of nitrogens with one attached hydrogen (secondary N) is 1. The molecule has 0 aliphatic rings. The number of hydrogen-bond donors (Lipinski definition) is 1. The molecule has 2 heterocycles. The molecule has 0 spiro atoms. The van der Waals surface area contributed by atoms with Gasteiger partial charge in [-0.3, -0.25) is 9.78 Å². The highest BCUT2D eigenvalue weighted by Crippen LogP contribution is 2.23. The lowest BCUT2D eigenvalue weighted by Gasteiger charge is -2.10. The average Bonchev–Trinajstić information content (AvgIpc) is 3.27. The van der Waals surface area contributed by atoms with Crippen molar-refractivity contribution in [3.63, 3.8) is 0 Å². The van der Waals surface area contributed by atoms with Crippen molar-refractivity contribution in [2.24, 2.45) is 0 Å². The van der Waals surface area contributed by atoms with E-state index in [0.29, 0.717) is 35.5 Å². The van der Waals surface area contributed by atoms with Crippen LogP contribution in [0.25, 0.3) is 11.4 Å². The van der Waals surface area contributed by atoms with Gasteiger partial charge >= 0.3 is 0 Å². The number of rotatable bonds is 7. The van der Waals surface area contributed by atoms with Crippen LogP contribution in [0.15, 0.2) is 73.1 Å². The van der Waals surface area contributed by atoms with E-state index in [1.54, 1.807) is 30.6 Å². The highest BCUT2D eigenvalue weighted by molar-refractivity contribution is 5.99. The van der Waals surface area contributed by atoms with E-state index in [1.165, 1.54) is 17.4 Å². The van der Waals surface area contributed by atoms with Gasteiger partial charge in [-0.05, 0) is 41.3 Å². The largest absolute Gasteiger partial charge is 0.496 e. The Morgan fingerprint density at radius 2 is 1.84 bits per heavy atom. The maximum Gasteiger partial charge on any atom is 0.285 e. The number of carbonyl (C=O) groups excluding carboxylic acids is 1. The van der Waals surface area contributed by atoms with Gasteiger partial charge in [-0.2, -0.15) is 9.67 Å². The van der Waals surface area contributed by atoms with Gasteiger partial charge in [0.1, 0.15) is 5.75 Å². The smallest absolute Gasteiger partial charge is 0.285 e. The van der Waals surface area contributed by atoms with E-state index in [2.05, 4.69) is 58.5 Å². The van der Waals surface area contributed by atoms with Gasteiger partial charge in [0.05, 0.1) is 12.7 Å². The first-order chi connectivity index (χ1) is 15.6. The van der Waals surface area contributed by atoms with Crippen molar-refractivity contribution in [1.29, 1.82) is 0 Å². The number of anilines is 1. The zero-order chi connectivity index (χ0) is 22.5. The Balaban J connectivity index is 1.67. The van der Waals surface area contributed by atoms with Gasteiger partial charge in [0.25, 0.3) is 5.91 Å². The second-order valence-electron chi connectivity index (χ2n) is 7.67. The second kappa shape index (κ2) is 9.43. The van der Waals surface area contributed by atoms with Crippen molar-refractivity contribution >= 4 is 11.9 Å². The molecule has 0 unspecified atom stereocenters. The summed E-state index contributed by atoms with van der Waals surface area (Å²) in [4.78, 5) is 22.1. The Labute approximate surface area is 187 Å². The first-order valence-electron chi connectivity index (χ1n) is 10.4. The summed E-state index contributed by atoms with van der Waals surface area (Å²) < 4.78 is 6.65. The van der Waals surface area contributed by atoms with Crippen molar-refractivity contribution in [2.45, 2.75) is 26.3 Å². The summed E-state index contributed by atoms with van der Waals surface area (Å²) in [7, 11) is 1.54. The molecule has 0 saturated heterocycles. The van der Waals surface area contributed by atoms with Crippen LogP contribution in [0.2, 0.25) is 0 Å². The monoisotopic (exact) mass is 427 g/mol. The summed E-state index contributed by atoms with van der Waals surface area (Å²) >= 11 is 0. The summed E-state index contributed by atoms with van der Waals surface area (Å²) in [5, 5.41) is 7.74. The number of hydrogen-bond acceptors (Lipinski definition) is 6. The molecule has 1 N–H and O–H groups in total. The third kappa shape index (κ3) is 4.51. The van der Waals surface area contributed by atoms with Crippen LogP contribution in [0.5, 0.6) is 5.75 Å². The molecule has 0 atom stereocenters. The van der Waals surface area contributed by atoms with E-state index in [1.807, 2.05) is 18.2 Å². The van der Waals surface area contributed by atoms with Crippen molar-refractivity contribution in [2.75, 3.05) is 12.4 Å². The molecule has 2 aromatic heterocycles. The van der Waals surface area contributed by atoms with Crippen LogP contribution in [-0.4, -0.2) is 32.8 Å². The first-order valence-corrected chi connectivity index (χ1v) is 10.4.